The van der Waals surface area contributed by atoms with Gasteiger partial charge in [0.15, 0.2) is 0 Å². The van der Waals surface area contributed by atoms with Crippen LogP contribution in [-0.4, -0.2) is 36.1 Å². The van der Waals surface area contributed by atoms with E-state index in [0.29, 0.717) is 11.5 Å². The Morgan fingerprint density at radius 1 is 1.09 bits per heavy atom. The molecule has 3 aromatic rings. The van der Waals surface area contributed by atoms with Crippen molar-refractivity contribution >= 4 is 56.5 Å². The Kier molecular flexibility index (Phi) is 5.81. The minimum absolute atomic E-state index is 0.00765. The summed E-state index contributed by atoms with van der Waals surface area (Å²) in [6.07, 6.45) is 1.66. The second-order valence-corrected chi connectivity index (χ2v) is 11.4. The summed E-state index contributed by atoms with van der Waals surface area (Å²) < 4.78 is 22.7. The summed E-state index contributed by atoms with van der Waals surface area (Å²) in [7, 11) is -2.04. The molecule has 0 aliphatic carbocycles. The van der Waals surface area contributed by atoms with Gasteiger partial charge in [0.25, 0.3) is 0 Å². The predicted molar refractivity (Wildman–Crippen MR) is 131 cm³/mol. The van der Waals surface area contributed by atoms with Gasteiger partial charge in [-0.15, -0.1) is 11.8 Å². The van der Waals surface area contributed by atoms with Gasteiger partial charge in [0, 0.05) is 35.1 Å². The fraction of sp³-hybridized carbons (Fsp3) is 0.227. The lowest BCUT2D eigenvalue weighted by atomic mass is 10.1. The summed E-state index contributed by atoms with van der Waals surface area (Å²) in [4.78, 5) is 24.1. The maximum atomic E-state index is 12.6. The van der Waals surface area contributed by atoms with Crippen LogP contribution in [0.1, 0.15) is 19.4 Å². The third-order valence-electron chi connectivity index (χ3n) is 5.16. The first-order chi connectivity index (χ1) is 15.4. The van der Waals surface area contributed by atoms with Crippen LogP contribution in [0.4, 0.5) is 28.8 Å². The fourth-order valence-electron chi connectivity index (χ4n) is 3.42. The third kappa shape index (κ3) is 4.80. The fourth-order valence-corrected chi connectivity index (χ4v) is 5.19. The lowest BCUT2D eigenvalue weighted by Crippen LogP contribution is -2.44. The number of fused-ring (bicyclic) bond motifs is 1. The minimum Gasteiger partial charge on any atom is -0.340 e. The first-order valence-electron chi connectivity index (χ1n) is 10.1. The molecular weight excluding hydrogens is 460 g/mol. The third-order valence-corrected chi connectivity index (χ3v) is 7.32. The van der Waals surface area contributed by atoms with E-state index in [-0.39, 0.29) is 16.8 Å². The predicted octanol–water partition coefficient (Wildman–Crippen LogP) is 3.77. The summed E-state index contributed by atoms with van der Waals surface area (Å²) in [5, 5.41) is 11.5. The SMILES string of the molecule is Cc1cnc(Nc2cccc(S(N)(=O)=O)c2)nc1Nc1ccc2c(c1)N(C)C(=O)C(C)(C)S2. The van der Waals surface area contributed by atoms with Gasteiger partial charge < -0.3 is 15.5 Å². The van der Waals surface area contributed by atoms with Crippen molar-refractivity contribution in [3.8, 4) is 0 Å². The normalized spacial score (nSPS) is 15.2. The molecule has 33 heavy (non-hydrogen) atoms. The molecular formula is C22H24N6O3S2. The average molecular weight is 485 g/mol. The Balaban J connectivity index is 1.59. The Bertz CT molecular complexity index is 1360. The van der Waals surface area contributed by atoms with Gasteiger partial charge in [0.2, 0.25) is 21.9 Å². The topological polar surface area (TPSA) is 130 Å². The number of benzene rings is 2. The molecule has 11 heteroatoms. The van der Waals surface area contributed by atoms with E-state index in [1.54, 1.807) is 42.0 Å². The smallest absolute Gasteiger partial charge is 0.242 e. The molecule has 2 heterocycles. The highest BCUT2D eigenvalue weighted by Crippen LogP contribution is 2.45. The van der Waals surface area contributed by atoms with Crippen LogP contribution in [-0.2, 0) is 14.8 Å². The van der Waals surface area contributed by atoms with E-state index in [1.165, 1.54) is 12.1 Å². The van der Waals surface area contributed by atoms with Crippen LogP contribution in [0, 0.1) is 6.92 Å². The summed E-state index contributed by atoms with van der Waals surface area (Å²) in [6, 6.07) is 12.0. The quantitative estimate of drug-likeness (QED) is 0.499. The standard InChI is InChI=1S/C22H24N6O3S2/c1-13-12-24-21(26-14-6-5-7-16(10-14)33(23,30)31)27-19(13)25-15-8-9-18-17(11-15)28(4)20(29)22(2,3)32-18/h5-12H,1-4H3,(H2,23,30,31)(H2,24,25,26,27). The Morgan fingerprint density at radius 3 is 2.55 bits per heavy atom. The second kappa shape index (κ2) is 8.32. The summed E-state index contributed by atoms with van der Waals surface area (Å²) >= 11 is 1.54. The molecule has 1 aromatic heterocycles. The van der Waals surface area contributed by atoms with Crippen molar-refractivity contribution in [3.05, 3.63) is 54.2 Å². The van der Waals surface area contributed by atoms with E-state index in [9.17, 15) is 13.2 Å². The number of aryl methyl sites for hydroxylation is 1. The van der Waals surface area contributed by atoms with Crippen LogP contribution in [0.3, 0.4) is 0 Å². The van der Waals surface area contributed by atoms with E-state index >= 15 is 0 Å². The Morgan fingerprint density at radius 2 is 1.82 bits per heavy atom. The molecule has 1 aliphatic rings. The molecule has 0 unspecified atom stereocenters. The Hall–Kier alpha value is -3.15. The monoisotopic (exact) mass is 484 g/mol. The van der Waals surface area contributed by atoms with Gasteiger partial charge in [0.1, 0.15) is 5.82 Å². The maximum Gasteiger partial charge on any atom is 0.242 e. The number of carbonyl (C=O) groups is 1. The molecule has 0 spiro atoms. The first-order valence-corrected chi connectivity index (χ1v) is 12.4. The number of thioether (sulfide) groups is 1. The van der Waals surface area contributed by atoms with Crippen LogP contribution >= 0.6 is 11.8 Å². The molecule has 1 aliphatic heterocycles. The van der Waals surface area contributed by atoms with Gasteiger partial charge in [-0.2, -0.15) is 4.98 Å². The van der Waals surface area contributed by atoms with Crippen LogP contribution in [0.2, 0.25) is 0 Å². The molecule has 0 saturated carbocycles. The number of hydrogen-bond acceptors (Lipinski definition) is 8. The number of rotatable bonds is 5. The zero-order valence-corrected chi connectivity index (χ0v) is 20.2. The van der Waals surface area contributed by atoms with Gasteiger partial charge in [-0.1, -0.05) is 6.07 Å². The molecule has 0 radical (unpaired) electrons. The number of amides is 1. The number of nitrogens with two attached hydrogens (primary N) is 1. The average Bonchev–Trinajstić information content (AvgIpc) is 2.74. The summed E-state index contributed by atoms with van der Waals surface area (Å²) in [6.45, 7) is 5.71. The van der Waals surface area contributed by atoms with E-state index < -0.39 is 14.8 Å². The lowest BCUT2D eigenvalue weighted by Gasteiger charge is -2.36. The van der Waals surface area contributed by atoms with E-state index in [1.807, 2.05) is 39.0 Å². The number of carbonyl (C=O) groups excluding carboxylic acids is 1. The van der Waals surface area contributed by atoms with Crippen molar-refractivity contribution in [1.82, 2.24) is 9.97 Å². The highest BCUT2D eigenvalue weighted by Gasteiger charge is 2.38. The van der Waals surface area contributed by atoms with Crippen molar-refractivity contribution in [2.75, 3.05) is 22.6 Å². The first kappa shape index (κ1) is 23.0. The summed E-state index contributed by atoms with van der Waals surface area (Å²) in [5.74, 6) is 0.911. The number of aromatic nitrogens is 2. The molecule has 0 saturated heterocycles. The molecule has 1 amide bonds. The van der Waals surface area contributed by atoms with Crippen molar-refractivity contribution in [2.45, 2.75) is 35.3 Å². The van der Waals surface area contributed by atoms with Crippen molar-refractivity contribution in [2.24, 2.45) is 5.14 Å². The molecule has 9 nitrogen and oxygen atoms in total. The van der Waals surface area contributed by atoms with Gasteiger partial charge in [0.05, 0.1) is 15.3 Å². The van der Waals surface area contributed by atoms with E-state index in [2.05, 4.69) is 20.6 Å². The molecule has 172 valence electrons. The summed E-state index contributed by atoms with van der Waals surface area (Å²) in [5.41, 5.74) is 2.92. The largest absolute Gasteiger partial charge is 0.340 e. The zero-order valence-electron chi connectivity index (χ0n) is 18.6. The molecule has 0 bridgehead atoms. The van der Waals surface area contributed by atoms with E-state index in [0.717, 1.165) is 21.8 Å². The van der Waals surface area contributed by atoms with Gasteiger partial charge in [-0.25, -0.2) is 18.5 Å². The highest BCUT2D eigenvalue weighted by molar-refractivity contribution is 8.01. The molecule has 4 rings (SSSR count). The van der Waals surface area contributed by atoms with Crippen molar-refractivity contribution in [1.29, 1.82) is 0 Å². The highest BCUT2D eigenvalue weighted by atomic mass is 32.2. The number of anilines is 5. The van der Waals surface area contributed by atoms with Gasteiger partial charge in [-0.3, -0.25) is 4.79 Å². The maximum absolute atomic E-state index is 12.6. The van der Waals surface area contributed by atoms with Crippen LogP contribution in [0.5, 0.6) is 0 Å². The van der Waals surface area contributed by atoms with Crippen LogP contribution in [0.15, 0.2) is 58.5 Å². The number of nitrogens with zero attached hydrogens (tertiary/aromatic N) is 3. The van der Waals surface area contributed by atoms with Crippen molar-refractivity contribution in [3.63, 3.8) is 0 Å². The van der Waals surface area contributed by atoms with Crippen LogP contribution < -0.4 is 20.7 Å². The minimum atomic E-state index is -3.82. The zero-order chi connectivity index (χ0) is 24.0. The lowest BCUT2D eigenvalue weighted by molar-refractivity contribution is -0.120. The molecule has 2 aromatic carbocycles. The molecule has 0 atom stereocenters. The number of nitrogens with one attached hydrogen (secondary N) is 2. The van der Waals surface area contributed by atoms with Crippen molar-refractivity contribution < 1.29 is 13.2 Å². The molecule has 4 N–H and O–H groups in total. The molecule has 0 fully saturated rings. The number of primary sulfonamides is 1. The van der Waals surface area contributed by atoms with Gasteiger partial charge in [-0.05, 0) is 57.2 Å². The van der Waals surface area contributed by atoms with Gasteiger partial charge >= 0.3 is 0 Å². The Labute approximate surface area is 196 Å². The second-order valence-electron chi connectivity index (χ2n) is 8.21. The number of sulfonamides is 1. The van der Waals surface area contributed by atoms with E-state index in [4.69, 9.17) is 5.14 Å². The number of hydrogen-bond donors (Lipinski definition) is 3. The van der Waals surface area contributed by atoms with Crippen LogP contribution in [0.25, 0.3) is 0 Å².